The molecule has 0 bridgehead atoms. The van der Waals surface area contributed by atoms with Crippen LogP contribution in [0.15, 0.2) is 4.42 Å². The number of aromatic nitrogens is 2. The Labute approximate surface area is 95.2 Å². The quantitative estimate of drug-likeness (QED) is 0.813. The third kappa shape index (κ3) is 1.91. The highest BCUT2D eigenvalue weighted by atomic mass is 16.4. The Balaban J connectivity index is 1.71. The molecule has 0 spiro atoms. The van der Waals surface area contributed by atoms with Crippen LogP contribution in [0.4, 0.5) is 6.01 Å². The second-order valence-corrected chi connectivity index (χ2v) is 4.66. The van der Waals surface area contributed by atoms with Crippen LogP contribution < -0.4 is 10.2 Å². The zero-order valence-corrected chi connectivity index (χ0v) is 9.48. The molecule has 5 heteroatoms. The van der Waals surface area contributed by atoms with Crippen LogP contribution in [0.3, 0.4) is 0 Å². The normalized spacial score (nSPS) is 26.2. The molecule has 3 heterocycles. The van der Waals surface area contributed by atoms with E-state index in [4.69, 9.17) is 4.42 Å². The molecule has 2 fully saturated rings. The predicted octanol–water partition coefficient (Wildman–Crippen LogP) is 1.14. The molecule has 0 radical (unpaired) electrons. The summed E-state index contributed by atoms with van der Waals surface area (Å²) in [4.78, 5) is 2.19. The van der Waals surface area contributed by atoms with Crippen molar-refractivity contribution in [3.05, 3.63) is 5.89 Å². The lowest BCUT2D eigenvalue weighted by Crippen LogP contribution is -2.28. The number of rotatable bonds is 2. The van der Waals surface area contributed by atoms with E-state index in [1.165, 1.54) is 19.3 Å². The van der Waals surface area contributed by atoms with E-state index in [1.54, 1.807) is 0 Å². The summed E-state index contributed by atoms with van der Waals surface area (Å²) in [6.07, 6.45) is 4.84. The molecule has 2 aliphatic heterocycles. The molecular weight excluding hydrogens is 204 g/mol. The van der Waals surface area contributed by atoms with Gasteiger partial charge in [-0.3, -0.25) is 0 Å². The lowest BCUT2D eigenvalue weighted by atomic mass is 10.00. The Hall–Kier alpha value is -1.10. The fourth-order valence-electron chi connectivity index (χ4n) is 2.49. The molecule has 1 N–H and O–H groups in total. The monoisotopic (exact) mass is 222 g/mol. The highest BCUT2D eigenvalue weighted by Gasteiger charge is 2.23. The molecule has 3 rings (SSSR count). The van der Waals surface area contributed by atoms with Crippen molar-refractivity contribution >= 4 is 6.01 Å². The van der Waals surface area contributed by atoms with Gasteiger partial charge in [0.1, 0.15) is 0 Å². The zero-order valence-electron chi connectivity index (χ0n) is 9.48. The molecule has 2 saturated heterocycles. The second-order valence-electron chi connectivity index (χ2n) is 4.66. The fourth-order valence-corrected chi connectivity index (χ4v) is 2.49. The van der Waals surface area contributed by atoms with Gasteiger partial charge >= 0.3 is 6.01 Å². The maximum atomic E-state index is 5.77. The van der Waals surface area contributed by atoms with Gasteiger partial charge in [-0.05, 0) is 32.2 Å². The summed E-state index contributed by atoms with van der Waals surface area (Å²) in [7, 11) is 0. The summed E-state index contributed by atoms with van der Waals surface area (Å²) in [5.41, 5.74) is 0. The summed E-state index contributed by atoms with van der Waals surface area (Å²) in [6, 6.07) is 0.720. The highest BCUT2D eigenvalue weighted by Crippen LogP contribution is 2.25. The number of anilines is 1. The van der Waals surface area contributed by atoms with Crippen molar-refractivity contribution in [2.45, 2.75) is 31.6 Å². The van der Waals surface area contributed by atoms with Crippen LogP contribution >= 0.6 is 0 Å². The van der Waals surface area contributed by atoms with Gasteiger partial charge in [0.25, 0.3) is 0 Å². The summed E-state index contributed by atoms with van der Waals surface area (Å²) < 4.78 is 5.77. The molecule has 1 aromatic rings. The molecule has 0 amide bonds. The molecule has 5 nitrogen and oxygen atoms in total. The Morgan fingerprint density at radius 2 is 2.06 bits per heavy atom. The van der Waals surface area contributed by atoms with E-state index in [-0.39, 0.29) is 0 Å². The first-order chi connectivity index (χ1) is 7.93. The summed E-state index contributed by atoms with van der Waals surface area (Å²) >= 11 is 0. The SMILES string of the molecule is C1CNCC(c2nnc(N3CCCC3)o2)C1. The Morgan fingerprint density at radius 3 is 2.81 bits per heavy atom. The molecule has 1 atom stereocenters. The number of hydrogen-bond acceptors (Lipinski definition) is 5. The van der Waals surface area contributed by atoms with Gasteiger partial charge in [0, 0.05) is 25.6 Å². The summed E-state index contributed by atoms with van der Waals surface area (Å²) in [5, 5.41) is 11.7. The summed E-state index contributed by atoms with van der Waals surface area (Å²) in [5.74, 6) is 1.23. The van der Waals surface area contributed by atoms with Crippen molar-refractivity contribution in [1.82, 2.24) is 15.5 Å². The Kier molecular flexibility index (Phi) is 2.78. The van der Waals surface area contributed by atoms with E-state index >= 15 is 0 Å². The van der Waals surface area contributed by atoms with Gasteiger partial charge in [0.05, 0.1) is 0 Å². The maximum absolute atomic E-state index is 5.77. The first-order valence-electron chi connectivity index (χ1n) is 6.22. The molecule has 2 aliphatic rings. The van der Waals surface area contributed by atoms with Crippen LogP contribution in [0.1, 0.15) is 37.5 Å². The average Bonchev–Trinajstić information content (AvgIpc) is 3.01. The van der Waals surface area contributed by atoms with Crippen LogP contribution in [0.25, 0.3) is 0 Å². The standard InChI is InChI=1S/C11H18N4O/c1-2-7-15(6-1)11-14-13-10(16-11)9-4-3-5-12-8-9/h9,12H,1-8H2. The largest absolute Gasteiger partial charge is 0.408 e. The number of hydrogen-bond donors (Lipinski definition) is 1. The van der Waals surface area contributed by atoms with E-state index in [9.17, 15) is 0 Å². The smallest absolute Gasteiger partial charge is 0.318 e. The van der Waals surface area contributed by atoms with E-state index in [1.807, 2.05) is 0 Å². The van der Waals surface area contributed by atoms with Crippen LogP contribution in [-0.2, 0) is 0 Å². The van der Waals surface area contributed by atoms with Gasteiger partial charge in [-0.25, -0.2) is 0 Å². The lowest BCUT2D eigenvalue weighted by Gasteiger charge is -2.19. The minimum Gasteiger partial charge on any atom is -0.408 e. The van der Waals surface area contributed by atoms with Crippen molar-refractivity contribution in [3.63, 3.8) is 0 Å². The second kappa shape index (κ2) is 4.41. The van der Waals surface area contributed by atoms with Crippen molar-refractivity contribution in [3.8, 4) is 0 Å². The topological polar surface area (TPSA) is 54.2 Å². The van der Waals surface area contributed by atoms with Gasteiger partial charge in [-0.2, -0.15) is 0 Å². The maximum Gasteiger partial charge on any atom is 0.318 e. The van der Waals surface area contributed by atoms with E-state index in [0.29, 0.717) is 5.92 Å². The molecule has 88 valence electrons. The molecule has 0 aromatic carbocycles. The zero-order chi connectivity index (χ0) is 10.8. The van der Waals surface area contributed by atoms with Crippen LogP contribution in [-0.4, -0.2) is 36.4 Å². The van der Waals surface area contributed by atoms with Crippen LogP contribution in [0.5, 0.6) is 0 Å². The first kappa shape index (κ1) is 10.1. The first-order valence-corrected chi connectivity index (χ1v) is 6.22. The predicted molar refractivity (Wildman–Crippen MR) is 60.6 cm³/mol. The molecule has 1 aromatic heterocycles. The fraction of sp³-hybridized carbons (Fsp3) is 0.818. The van der Waals surface area contributed by atoms with Gasteiger partial charge in [-0.15, -0.1) is 5.10 Å². The minimum absolute atomic E-state index is 0.414. The summed E-state index contributed by atoms with van der Waals surface area (Å²) in [6.45, 7) is 4.21. The molecule has 0 saturated carbocycles. The van der Waals surface area contributed by atoms with Crippen molar-refractivity contribution in [2.24, 2.45) is 0 Å². The average molecular weight is 222 g/mol. The van der Waals surface area contributed by atoms with Gasteiger partial charge < -0.3 is 14.6 Å². The third-order valence-electron chi connectivity index (χ3n) is 3.45. The van der Waals surface area contributed by atoms with Gasteiger partial charge in [0.2, 0.25) is 5.89 Å². The van der Waals surface area contributed by atoms with Crippen molar-refractivity contribution < 1.29 is 4.42 Å². The third-order valence-corrected chi connectivity index (χ3v) is 3.45. The van der Waals surface area contributed by atoms with Gasteiger partial charge in [0.15, 0.2) is 0 Å². The molecular formula is C11H18N4O. The number of nitrogens with zero attached hydrogens (tertiary/aromatic N) is 3. The van der Waals surface area contributed by atoms with E-state index in [2.05, 4.69) is 20.4 Å². The van der Waals surface area contributed by atoms with Crippen LogP contribution in [0, 0.1) is 0 Å². The lowest BCUT2D eigenvalue weighted by molar-refractivity contribution is 0.377. The van der Waals surface area contributed by atoms with E-state index < -0.39 is 0 Å². The van der Waals surface area contributed by atoms with Crippen molar-refractivity contribution in [1.29, 1.82) is 0 Å². The molecule has 16 heavy (non-hydrogen) atoms. The van der Waals surface area contributed by atoms with Gasteiger partial charge in [-0.1, -0.05) is 5.10 Å². The van der Waals surface area contributed by atoms with Crippen molar-refractivity contribution in [2.75, 3.05) is 31.1 Å². The van der Waals surface area contributed by atoms with Crippen LogP contribution in [0.2, 0.25) is 0 Å². The van der Waals surface area contributed by atoms with E-state index in [0.717, 1.165) is 44.5 Å². The molecule has 0 aliphatic carbocycles. The minimum atomic E-state index is 0.414. The highest BCUT2D eigenvalue weighted by molar-refractivity contribution is 5.25. The molecule has 1 unspecified atom stereocenters. The Bertz CT molecular complexity index is 340. The number of piperidine rings is 1. The number of nitrogens with one attached hydrogen (secondary N) is 1. The Morgan fingerprint density at radius 1 is 1.19 bits per heavy atom.